The van der Waals surface area contributed by atoms with Crippen molar-refractivity contribution in [3.8, 4) is 11.5 Å². The molecule has 0 aliphatic heterocycles. The lowest BCUT2D eigenvalue weighted by atomic mass is 10.0. The number of ether oxygens (including phenoxy) is 2. The topological polar surface area (TPSA) is 102 Å². The average molecular weight is 512 g/mol. The Labute approximate surface area is 212 Å². The van der Waals surface area contributed by atoms with Crippen LogP contribution in [0.25, 0.3) is 0 Å². The van der Waals surface area contributed by atoms with Gasteiger partial charge < -0.3 is 14.6 Å². The fraction of sp³-hybridized carbons (Fsp3) is 0.333. The van der Waals surface area contributed by atoms with Crippen LogP contribution in [0, 0.1) is 18.6 Å². The van der Waals surface area contributed by atoms with Gasteiger partial charge in [-0.3, -0.25) is 4.98 Å². The summed E-state index contributed by atoms with van der Waals surface area (Å²) in [4.78, 5) is 32.3. The molecule has 0 bridgehead atoms. The minimum absolute atomic E-state index is 0.0116. The van der Waals surface area contributed by atoms with Crippen LogP contribution in [0.1, 0.15) is 61.8 Å². The highest BCUT2D eigenvalue weighted by molar-refractivity contribution is 6.08. The third-order valence-electron chi connectivity index (χ3n) is 5.81. The van der Waals surface area contributed by atoms with Crippen LogP contribution in [-0.4, -0.2) is 32.9 Å². The van der Waals surface area contributed by atoms with Crippen molar-refractivity contribution in [1.82, 2.24) is 9.97 Å². The number of hydrogen-bond acceptors (Lipinski definition) is 6. The van der Waals surface area contributed by atoms with E-state index in [0.717, 1.165) is 18.4 Å². The van der Waals surface area contributed by atoms with Gasteiger partial charge in [-0.1, -0.05) is 6.07 Å². The van der Waals surface area contributed by atoms with E-state index < -0.39 is 35.2 Å². The van der Waals surface area contributed by atoms with Gasteiger partial charge >= 0.3 is 12.2 Å². The summed E-state index contributed by atoms with van der Waals surface area (Å²) >= 11 is 0. The number of halogens is 2. The number of carboxylic acid groups (broad SMARTS) is 1. The second-order valence-corrected chi connectivity index (χ2v) is 9.87. The van der Waals surface area contributed by atoms with Crippen molar-refractivity contribution in [2.45, 2.75) is 58.5 Å². The molecule has 4 rings (SSSR count). The van der Waals surface area contributed by atoms with Crippen molar-refractivity contribution in [2.75, 3.05) is 4.90 Å². The SMILES string of the molecule is Cc1c(Cc2ccnc(N(C(=O)O)C(=O)OC(C)(C)C)c2F)cncc1Oc1ccc(C2CC2)cc1F. The quantitative estimate of drug-likeness (QED) is 0.391. The third kappa shape index (κ3) is 6.02. The fourth-order valence-corrected chi connectivity index (χ4v) is 3.75. The molecule has 0 saturated heterocycles. The van der Waals surface area contributed by atoms with Crippen LogP contribution in [0.2, 0.25) is 0 Å². The highest BCUT2D eigenvalue weighted by Crippen LogP contribution is 2.41. The summed E-state index contributed by atoms with van der Waals surface area (Å²) in [5, 5.41) is 9.55. The van der Waals surface area contributed by atoms with Crippen LogP contribution in [0.15, 0.2) is 42.9 Å². The smallest absolute Gasteiger partial charge is 0.425 e. The van der Waals surface area contributed by atoms with Gasteiger partial charge in [0.1, 0.15) is 11.4 Å². The molecule has 194 valence electrons. The minimum atomic E-state index is -1.74. The maximum atomic E-state index is 15.4. The Bertz CT molecular complexity index is 1350. The Morgan fingerprint density at radius 3 is 2.46 bits per heavy atom. The van der Waals surface area contributed by atoms with Crippen LogP contribution in [-0.2, 0) is 11.2 Å². The van der Waals surface area contributed by atoms with E-state index in [2.05, 4.69) is 9.97 Å². The second kappa shape index (κ2) is 10.1. The molecule has 0 atom stereocenters. The highest BCUT2D eigenvalue weighted by Gasteiger charge is 2.32. The van der Waals surface area contributed by atoms with E-state index in [1.54, 1.807) is 33.8 Å². The molecule has 2 heterocycles. The first-order valence-electron chi connectivity index (χ1n) is 11.7. The lowest BCUT2D eigenvalue weighted by Crippen LogP contribution is -2.41. The van der Waals surface area contributed by atoms with Gasteiger partial charge in [-0.15, -0.1) is 0 Å². The van der Waals surface area contributed by atoms with E-state index in [1.807, 2.05) is 6.07 Å². The summed E-state index contributed by atoms with van der Waals surface area (Å²) in [6.45, 7) is 6.41. The van der Waals surface area contributed by atoms with Crippen LogP contribution in [0.3, 0.4) is 0 Å². The monoisotopic (exact) mass is 511 g/mol. The van der Waals surface area contributed by atoms with E-state index in [-0.39, 0.29) is 22.6 Å². The number of pyridine rings is 2. The fourth-order valence-electron chi connectivity index (χ4n) is 3.75. The van der Waals surface area contributed by atoms with Crippen molar-refractivity contribution < 1.29 is 33.0 Å². The molecule has 0 radical (unpaired) electrons. The number of rotatable bonds is 6. The standard InChI is InChI=1S/C27H27F2N3O5/c1-15-19(13-30-14-22(15)36-21-8-7-17(12-20(21)28)16-5-6-16)11-18-9-10-31-24(23(18)29)32(25(33)34)26(35)37-27(2,3)4/h7-10,12-14,16H,5-6,11H2,1-4H3,(H,33,34). The lowest BCUT2D eigenvalue weighted by Gasteiger charge is -2.24. The van der Waals surface area contributed by atoms with Crippen LogP contribution >= 0.6 is 0 Å². The molecule has 8 nitrogen and oxygen atoms in total. The van der Waals surface area contributed by atoms with Crippen molar-refractivity contribution in [3.05, 3.63) is 76.7 Å². The minimum Gasteiger partial charge on any atom is -0.464 e. The highest BCUT2D eigenvalue weighted by atomic mass is 19.1. The van der Waals surface area contributed by atoms with E-state index in [0.29, 0.717) is 22.8 Å². The molecule has 0 unspecified atom stereocenters. The van der Waals surface area contributed by atoms with E-state index in [1.165, 1.54) is 30.7 Å². The zero-order valence-electron chi connectivity index (χ0n) is 20.9. The number of benzene rings is 1. The van der Waals surface area contributed by atoms with Crippen molar-refractivity contribution in [3.63, 3.8) is 0 Å². The number of hydrogen-bond donors (Lipinski definition) is 1. The normalized spacial score (nSPS) is 13.2. The second-order valence-electron chi connectivity index (χ2n) is 9.87. The number of carbonyl (C=O) groups is 2. The van der Waals surface area contributed by atoms with Crippen LogP contribution in [0.4, 0.5) is 24.2 Å². The third-order valence-corrected chi connectivity index (χ3v) is 5.81. The maximum absolute atomic E-state index is 15.4. The molecular formula is C27H27F2N3O5. The number of imide groups is 1. The molecule has 2 aromatic heterocycles. The van der Waals surface area contributed by atoms with E-state index in [4.69, 9.17) is 9.47 Å². The molecule has 1 saturated carbocycles. The maximum Gasteiger partial charge on any atom is 0.425 e. The Kier molecular flexibility index (Phi) is 7.11. The first-order chi connectivity index (χ1) is 17.4. The van der Waals surface area contributed by atoms with Gasteiger partial charge in [-0.05, 0) is 86.9 Å². The summed E-state index contributed by atoms with van der Waals surface area (Å²) in [5.74, 6) is -1.42. The summed E-state index contributed by atoms with van der Waals surface area (Å²) < 4.78 is 40.9. The number of carbonyl (C=O) groups excluding carboxylic acids is 1. The number of anilines is 1. The largest absolute Gasteiger partial charge is 0.464 e. The number of aromatic nitrogens is 2. The van der Waals surface area contributed by atoms with Crippen LogP contribution in [0.5, 0.6) is 11.5 Å². The molecule has 1 aromatic carbocycles. The Balaban J connectivity index is 1.59. The van der Waals surface area contributed by atoms with Gasteiger partial charge in [0, 0.05) is 18.8 Å². The zero-order chi connectivity index (χ0) is 26.9. The molecule has 37 heavy (non-hydrogen) atoms. The van der Waals surface area contributed by atoms with Gasteiger partial charge in [-0.25, -0.2) is 23.4 Å². The van der Waals surface area contributed by atoms with Crippen molar-refractivity contribution in [1.29, 1.82) is 0 Å². The predicted molar refractivity (Wildman–Crippen MR) is 131 cm³/mol. The molecule has 1 N–H and O–H groups in total. The predicted octanol–water partition coefficient (Wildman–Crippen LogP) is 6.74. The molecule has 10 heteroatoms. The zero-order valence-corrected chi connectivity index (χ0v) is 20.9. The van der Waals surface area contributed by atoms with Gasteiger partial charge in [0.15, 0.2) is 23.2 Å². The molecule has 1 aliphatic rings. The summed E-state index contributed by atoms with van der Waals surface area (Å²) in [6.07, 6.45) is 3.25. The summed E-state index contributed by atoms with van der Waals surface area (Å²) in [6, 6.07) is 6.28. The average Bonchev–Trinajstić information content (AvgIpc) is 3.64. The van der Waals surface area contributed by atoms with Crippen molar-refractivity contribution in [2.24, 2.45) is 0 Å². The van der Waals surface area contributed by atoms with Crippen molar-refractivity contribution >= 4 is 18.0 Å². The molecule has 1 fully saturated rings. The van der Waals surface area contributed by atoms with Gasteiger partial charge in [0.25, 0.3) is 0 Å². The number of nitrogens with zero attached hydrogens (tertiary/aromatic N) is 3. The molecule has 1 aliphatic carbocycles. The first-order valence-corrected chi connectivity index (χ1v) is 11.7. The Hall–Kier alpha value is -4.08. The molecular weight excluding hydrogens is 484 g/mol. The molecule has 2 amide bonds. The Morgan fingerprint density at radius 2 is 1.84 bits per heavy atom. The van der Waals surface area contributed by atoms with Gasteiger partial charge in [0.05, 0.1) is 6.20 Å². The van der Waals surface area contributed by atoms with Gasteiger partial charge in [-0.2, -0.15) is 4.90 Å². The first kappa shape index (κ1) is 26.0. The van der Waals surface area contributed by atoms with Gasteiger partial charge in [0.2, 0.25) is 0 Å². The van der Waals surface area contributed by atoms with E-state index >= 15 is 4.39 Å². The Morgan fingerprint density at radius 1 is 1.11 bits per heavy atom. The van der Waals surface area contributed by atoms with Crippen LogP contribution < -0.4 is 9.64 Å². The van der Waals surface area contributed by atoms with E-state index in [9.17, 15) is 19.1 Å². The lowest BCUT2D eigenvalue weighted by molar-refractivity contribution is 0.0579. The molecule has 3 aromatic rings. The summed E-state index contributed by atoms with van der Waals surface area (Å²) in [7, 11) is 0. The summed E-state index contributed by atoms with van der Waals surface area (Å²) in [5.41, 5.74) is 1.17. The molecule has 0 spiro atoms. The number of amides is 2.